The minimum Gasteiger partial charge on any atom is -0.390 e. The Bertz CT molecular complexity index is 382. The number of aliphatic hydroxyl groups is 2. The van der Waals surface area contributed by atoms with Gasteiger partial charge in [-0.1, -0.05) is 6.07 Å². The number of pyridine rings is 1. The lowest BCUT2D eigenvalue weighted by molar-refractivity contribution is -0.119. The zero-order valence-corrected chi connectivity index (χ0v) is 10.1. The predicted octanol–water partition coefficient (Wildman–Crippen LogP) is 0.311. The van der Waals surface area contributed by atoms with E-state index in [2.05, 4.69) is 10.3 Å². The number of amides is 1. The number of aromatic nitrogens is 1. The molecule has 1 aromatic rings. The van der Waals surface area contributed by atoms with Crippen molar-refractivity contribution >= 4 is 5.91 Å². The third-order valence-corrected chi connectivity index (χ3v) is 2.54. The second-order valence-corrected chi connectivity index (χ2v) is 3.96. The fourth-order valence-electron chi connectivity index (χ4n) is 1.57. The molecule has 0 aliphatic carbocycles. The van der Waals surface area contributed by atoms with Gasteiger partial charge in [0.25, 0.3) is 0 Å². The molecule has 94 valence electrons. The van der Waals surface area contributed by atoms with Gasteiger partial charge < -0.3 is 15.5 Å². The van der Waals surface area contributed by atoms with Gasteiger partial charge in [0.15, 0.2) is 0 Å². The van der Waals surface area contributed by atoms with Crippen LogP contribution in [0.2, 0.25) is 0 Å². The van der Waals surface area contributed by atoms with E-state index in [0.29, 0.717) is 24.2 Å². The lowest BCUT2D eigenvalue weighted by Gasteiger charge is -2.19. The van der Waals surface area contributed by atoms with Gasteiger partial charge >= 0.3 is 0 Å². The standard InChI is InChI=1S/C12H18N2O3/c1-8-10(4-3-6-13-8)12(17)11(16)5-7-14-9(2)15/h3-4,6,11-12,16-17H,5,7H2,1-2H3,(H,14,15). The van der Waals surface area contributed by atoms with Crippen molar-refractivity contribution in [2.24, 2.45) is 0 Å². The van der Waals surface area contributed by atoms with Crippen LogP contribution in [-0.2, 0) is 4.79 Å². The Hall–Kier alpha value is -1.46. The van der Waals surface area contributed by atoms with Crippen molar-refractivity contribution in [1.82, 2.24) is 10.3 Å². The summed E-state index contributed by atoms with van der Waals surface area (Å²) in [5.74, 6) is -0.149. The molecule has 5 nitrogen and oxygen atoms in total. The smallest absolute Gasteiger partial charge is 0.216 e. The third kappa shape index (κ3) is 4.13. The summed E-state index contributed by atoms with van der Waals surface area (Å²) in [7, 11) is 0. The maximum Gasteiger partial charge on any atom is 0.216 e. The van der Waals surface area contributed by atoms with Gasteiger partial charge in [-0.15, -0.1) is 0 Å². The predicted molar refractivity (Wildman–Crippen MR) is 63.2 cm³/mol. The van der Waals surface area contributed by atoms with Gasteiger partial charge in [-0.05, 0) is 19.4 Å². The number of carbonyl (C=O) groups excluding carboxylic acids is 1. The van der Waals surface area contributed by atoms with Gasteiger partial charge in [0.1, 0.15) is 6.10 Å². The average molecular weight is 238 g/mol. The van der Waals surface area contributed by atoms with E-state index in [4.69, 9.17) is 0 Å². The van der Waals surface area contributed by atoms with Crippen molar-refractivity contribution in [2.45, 2.75) is 32.5 Å². The first kappa shape index (κ1) is 13.6. The molecule has 3 N–H and O–H groups in total. The minimum atomic E-state index is -0.975. The summed E-state index contributed by atoms with van der Waals surface area (Å²) in [6.45, 7) is 3.53. The molecule has 0 spiro atoms. The molecule has 2 atom stereocenters. The number of rotatable bonds is 5. The van der Waals surface area contributed by atoms with Crippen LogP contribution >= 0.6 is 0 Å². The zero-order valence-electron chi connectivity index (χ0n) is 10.1. The number of aryl methyl sites for hydroxylation is 1. The molecule has 0 saturated carbocycles. The first-order chi connectivity index (χ1) is 8.02. The van der Waals surface area contributed by atoms with E-state index in [1.807, 2.05) is 0 Å². The molecule has 0 aliphatic rings. The SMILES string of the molecule is CC(=O)NCCC(O)C(O)c1cccnc1C. The van der Waals surface area contributed by atoms with Crippen LogP contribution in [0.4, 0.5) is 0 Å². The highest BCUT2D eigenvalue weighted by atomic mass is 16.3. The van der Waals surface area contributed by atoms with Crippen LogP contribution < -0.4 is 5.32 Å². The number of carbonyl (C=O) groups is 1. The van der Waals surface area contributed by atoms with Gasteiger partial charge in [-0.2, -0.15) is 0 Å². The molecule has 1 amide bonds. The van der Waals surface area contributed by atoms with Gasteiger partial charge in [0, 0.05) is 30.9 Å². The summed E-state index contributed by atoms with van der Waals surface area (Å²) < 4.78 is 0. The summed E-state index contributed by atoms with van der Waals surface area (Å²) in [6, 6.07) is 3.45. The Morgan fingerprint density at radius 1 is 1.53 bits per heavy atom. The van der Waals surface area contributed by atoms with Crippen molar-refractivity contribution in [2.75, 3.05) is 6.54 Å². The fourth-order valence-corrected chi connectivity index (χ4v) is 1.57. The van der Waals surface area contributed by atoms with E-state index in [9.17, 15) is 15.0 Å². The highest BCUT2D eigenvalue weighted by molar-refractivity contribution is 5.72. The Morgan fingerprint density at radius 3 is 2.82 bits per heavy atom. The maximum absolute atomic E-state index is 10.7. The van der Waals surface area contributed by atoms with E-state index in [1.54, 1.807) is 25.3 Å². The quantitative estimate of drug-likeness (QED) is 0.689. The molecule has 0 aromatic carbocycles. The van der Waals surface area contributed by atoms with Crippen LogP contribution in [0, 0.1) is 6.92 Å². The second kappa shape index (κ2) is 6.32. The summed E-state index contributed by atoms with van der Waals surface area (Å²) in [5.41, 5.74) is 1.31. The maximum atomic E-state index is 10.7. The Kier molecular flexibility index (Phi) is 5.06. The molecule has 2 unspecified atom stereocenters. The molecule has 0 radical (unpaired) electrons. The molecular formula is C12H18N2O3. The number of nitrogens with zero attached hydrogens (tertiary/aromatic N) is 1. The topological polar surface area (TPSA) is 82.5 Å². The largest absolute Gasteiger partial charge is 0.390 e. The van der Waals surface area contributed by atoms with Crippen molar-refractivity contribution in [3.05, 3.63) is 29.6 Å². The molecule has 0 aliphatic heterocycles. The Morgan fingerprint density at radius 2 is 2.24 bits per heavy atom. The van der Waals surface area contributed by atoms with Crippen LogP contribution in [-0.4, -0.2) is 33.8 Å². The summed E-state index contributed by atoms with van der Waals surface area (Å²) in [4.78, 5) is 14.7. The van der Waals surface area contributed by atoms with E-state index >= 15 is 0 Å². The molecule has 0 bridgehead atoms. The van der Waals surface area contributed by atoms with Crippen LogP contribution in [0.1, 0.15) is 30.7 Å². The average Bonchev–Trinajstić information content (AvgIpc) is 2.28. The molecule has 0 saturated heterocycles. The molecule has 1 heterocycles. The molecule has 17 heavy (non-hydrogen) atoms. The molecule has 5 heteroatoms. The van der Waals surface area contributed by atoms with E-state index in [0.717, 1.165) is 0 Å². The van der Waals surface area contributed by atoms with Crippen molar-refractivity contribution in [3.8, 4) is 0 Å². The third-order valence-electron chi connectivity index (χ3n) is 2.54. The lowest BCUT2D eigenvalue weighted by Crippen LogP contribution is -2.28. The normalized spacial score (nSPS) is 14.1. The highest BCUT2D eigenvalue weighted by Crippen LogP contribution is 2.20. The fraction of sp³-hybridized carbons (Fsp3) is 0.500. The van der Waals surface area contributed by atoms with Crippen LogP contribution in [0.15, 0.2) is 18.3 Å². The van der Waals surface area contributed by atoms with E-state index in [1.165, 1.54) is 6.92 Å². The second-order valence-electron chi connectivity index (χ2n) is 3.96. The van der Waals surface area contributed by atoms with E-state index < -0.39 is 12.2 Å². The summed E-state index contributed by atoms with van der Waals surface area (Å²) >= 11 is 0. The molecular weight excluding hydrogens is 220 g/mol. The minimum absolute atomic E-state index is 0.149. The van der Waals surface area contributed by atoms with E-state index in [-0.39, 0.29) is 5.91 Å². The van der Waals surface area contributed by atoms with Gasteiger partial charge in [-0.3, -0.25) is 9.78 Å². The molecule has 0 fully saturated rings. The first-order valence-corrected chi connectivity index (χ1v) is 5.54. The number of nitrogens with one attached hydrogen (secondary N) is 1. The molecule has 1 aromatic heterocycles. The van der Waals surface area contributed by atoms with Crippen molar-refractivity contribution in [3.63, 3.8) is 0 Å². The van der Waals surface area contributed by atoms with Crippen LogP contribution in [0.5, 0.6) is 0 Å². The number of hydrogen-bond acceptors (Lipinski definition) is 4. The number of hydrogen-bond donors (Lipinski definition) is 3. The lowest BCUT2D eigenvalue weighted by atomic mass is 10.0. The summed E-state index contributed by atoms with van der Waals surface area (Å²) in [6.07, 6.45) is 0.0480. The Balaban J connectivity index is 2.55. The number of aliphatic hydroxyl groups excluding tert-OH is 2. The first-order valence-electron chi connectivity index (χ1n) is 5.54. The monoisotopic (exact) mass is 238 g/mol. The summed E-state index contributed by atoms with van der Waals surface area (Å²) in [5, 5.41) is 22.3. The Labute approximate surface area is 101 Å². The van der Waals surface area contributed by atoms with Crippen LogP contribution in [0.3, 0.4) is 0 Å². The van der Waals surface area contributed by atoms with Crippen molar-refractivity contribution < 1.29 is 15.0 Å². The van der Waals surface area contributed by atoms with Crippen LogP contribution in [0.25, 0.3) is 0 Å². The van der Waals surface area contributed by atoms with Gasteiger partial charge in [-0.25, -0.2) is 0 Å². The molecule has 1 rings (SSSR count). The van der Waals surface area contributed by atoms with Crippen molar-refractivity contribution in [1.29, 1.82) is 0 Å². The van der Waals surface area contributed by atoms with Gasteiger partial charge in [0.05, 0.1) is 6.10 Å². The highest BCUT2D eigenvalue weighted by Gasteiger charge is 2.19. The zero-order chi connectivity index (χ0) is 12.8. The van der Waals surface area contributed by atoms with Gasteiger partial charge in [0.2, 0.25) is 5.91 Å².